The number of carbonyl (C=O) groups excluding carboxylic acids is 1. The van der Waals surface area contributed by atoms with Gasteiger partial charge in [-0.1, -0.05) is 6.92 Å². The van der Waals surface area contributed by atoms with E-state index >= 15 is 0 Å². The number of alkyl halides is 2. The molecule has 1 aromatic rings. The van der Waals surface area contributed by atoms with Crippen molar-refractivity contribution in [3.05, 3.63) is 23.8 Å². The minimum Gasteiger partial charge on any atom is -0.493 e. The van der Waals surface area contributed by atoms with E-state index in [2.05, 4.69) is 10.1 Å². The van der Waals surface area contributed by atoms with Gasteiger partial charge >= 0.3 is 18.6 Å². The van der Waals surface area contributed by atoms with Crippen molar-refractivity contribution in [1.29, 1.82) is 0 Å². The number of rotatable bonds is 8. The van der Waals surface area contributed by atoms with E-state index in [0.29, 0.717) is 30.9 Å². The number of nitrogens with zero attached hydrogens (tertiary/aromatic N) is 1. The lowest BCUT2D eigenvalue weighted by molar-refractivity contribution is -0.141. The van der Waals surface area contributed by atoms with Crippen molar-refractivity contribution >= 4 is 12.0 Å². The number of amides is 2. The number of likely N-dealkylation sites (tertiary alicyclic amines) is 1. The van der Waals surface area contributed by atoms with Crippen molar-refractivity contribution in [3.63, 3.8) is 0 Å². The van der Waals surface area contributed by atoms with E-state index in [-0.39, 0.29) is 18.8 Å². The van der Waals surface area contributed by atoms with Gasteiger partial charge in [0.1, 0.15) is 11.5 Å². The van der Waals surface area contributed by atoms with Crippen molar-refractivity contribution in [3.8, 4) is 11.5 Å². The molecule has 144 valence electrons. The maximum atomic E-state index is 12.6. The van der Waals surface area contributed by atoms with Gasteiger partial charge in [-0.15, -0.1) is 0 Å². The van der Waals surface area contributed by atoms with Crippen LogP contribution in [0.4, 0.5) is 13.6 Å². The summed E-state index contributed by atoms with van der Waals surface area (Å²) in [5.74, 6) is -1.18. The number of halogens is 2. The molecule has 1 aliphatic rings. The fraction of sp³-hybridized carbons (Fsp3) is 0.529. The summed E-state index contributed by atoms with van der Waals surface area (Å²) in [6, 6.07) is 4.08. The summed E-state index contributed by atoms with van der Waals surface area (Å²) in [7, 11) is 0. The van der Waals surface area contributed by atoms with Crippen LogP contribution in [0, 0.1) is 5.92 Å². The zero-order valence-corrected chi connectivity index (χ0v) is 14.4. The minimum absolute atomic E-state index is 0.0246. The smallest absolute Gasteiger partial charge is 0.387 e. The van der Waals surface area contributed by atoms with Crippen molar-refractivity contribution in [1.82, 2.24) is 10.2 Å². The Morgan fingerprint density at radius 3 is 2.81 bits per heavy atom. The van der Waals surface area contributed by atoms with Crippen LogP contribution >= 0.6 is 0 Å². The zero-order chi connectivity index (χ0) is 19.1. The van der Waals surface area contributed by atoms with Crippen LogP contribution in [0.2, 0.25) is 0 Å². The van der Waals surface area contributed by atoms with E-state index in [1.807, 2.05) is 6.92 Å². The first-order valence-electron chi connectivity index (χ1n) is 8.36. The van der Waals surface area contributed by atoms with E-state index in [9.17, 15) is 18.4 Å². The lowest BCUT2D eigenvalue weighted by atomic mass is 10.1. The summed E-state index contributed by atoms with van der Waals surface area (Å²) < 4.78 is 35.2. The summed E-state index contributed by atoms with van der Waals surface area (Å²) in [5.41, 5.74) is 0.372. The van der Waals surface area contributed by atoms with Gasteiger partial charge in [0.2, 0.25) is 0 Å². The van der Waals surface area contributed by atoms with E-state index in [0.717, 1.165) is 6.42 Å². The van der Waals surface area contributed by atoms with Crippen molar-refractivity contribution in [2.24, 2.45) is 5.92 Å². The van der Waals surface area contributed by atoms with E-state index in [1.165, 1.54) is 11.0 Å². The van der Waals surface area contributed by atoms with Crippen LogP contribution in [-0.2, 0) is 11.3 Å². The molecule has 1 unspecified atom stereocenters. The number of aliphatic carboxylic acids is 1. The van der Waals surface area contributed by atoms with Gasteiger partial charge in [-0.2, -0.15) is 8.78 Å². The molecule has 0 radical (unpaired) electrons. The Kier molecular flexibility index (Phi) is 6.99. The highest BCUT2D eigenvalue weighted by atomic mass is 19.3. The lowest BCUT2D eigenvalue weighted by Gasteiger charge is -2.18. The molecule has 2 N–H and O–H groups in total. The van der Waals surface area contributed by atoms with Gasteiger partial charge in [0, 0.05) is 31.3 Å². The van der Waals surface area contributed by atoms with E-state index in [1.54, 1.807) is 12.1 Å². The molecule has 9 heteroatoms. The number of nitrogens with one attached hydrogen (secondary N) is 1. The van der Waals surface area contributed by atoms with Crippen LogP contribution in [0.5, 0.6) is 11.5 Å². The Morgan fingerprint density at radius 1 is 1.42 bits per heavy atom. The molecular weight excluding hydrogens is 350 g/mol. The van der Waals surface area contributed by atoms with Crippen molar-refractivity contribution < 1.29 is 33.0 Å². The second-order valence-corrected chi connectivity index (χ2v) is 5.93. The number of benzene rings is 1. The van der Waals surface area contributed by atoms with Crippen LogP contribution in [0.25, 0.3) is 0 Å². The van der Waals surface area contributed by atoms with E-state index < -0.39 is 24.5 Å². The SMILES string of the molecule is CCCOc1ccc(CNC(=O)N2CCC(C(=O)O)C2)c(OC(F)F)c1. The summed E-state index contributed by atoms with van der Waals surface area (Å²) >= 11 is 0. The summed E-state index contributed by atoms with van der Waals surface area (Å²) in [4.78, 5) is 24.5. The summed E-state index contributed by atoms with van der Waals surface area (Å²) in [6.45, 7) is -0.181. The third kappa shape index (κ3) is 5.47. The molecule has 0 saturated carbocycles. The third-order valence-electron chi connectivity index (χ3n) is 3.98. The molecular formula is C17H22F2N2O5. The average Bonchev–Trinajstić information content (AvgIpc) is 3.09. The average molecular weight is 372 g/mol. The van der Waals surface area contributed by atoms with Gasteiger partial charge < -0.3 is 24.8 Å². The van der Waals surface area contributed by atoms with Gasteiger partial charge in [0.15, 0.2) is 0 Å². The molecule has 1 heterocycles. The van der Waals surface area contributed by atoms with Gasteiger partial charge in [-0.3, -0.25) is 4.79 Å². The predicted molar refractivity (Wildman–Crippen MR) is 88.4 cm³/mol. The van der Waals surface area contributed by atoms with Crippen molar-refractivity contribution in [2.45, 2.75) is 32.9 Å². The Balaban J connectivity index is 1.99. The Labute approximate surface area is 149 Å². The molecule has 26 heavy (non-hydrogen) atoms. The molecule has 1 aliphatic heterocycles. The molecule has 2 rings (SSSR count). The maximum Gasteiger partial charge on any atom is 0.387 e. The standard InChI is InChI=1S/C17H22F2N2O5/c1-2-7-25-13-4-3-11(14(8-13)26-16(18)19)9-20-17(24)21-6-5-12(10-21)15(22)23/h3-4,8,12,16H,2,5-7,9-10H2,1H3,(H,20,24)(H,22,23). The number of hydrogen-bond acceptors (Lipinski definition) is 4. The molecule has 0 aromatic heterocycles. The fourth-order valence-electron chi connectivity index (χ4n) is 2.63. The van der Waals surface area contributed by atoms with Gasteiger partial charge in [-0.05, 0) is 25.0 Å². The number of carbonyl (C=O) groups is 2. The molecule has 1 atom stereocenters. The number of carboxylic acids is 1. The first-order valence-corrected chi connectivity index (χ1v) is 8.36. The number of ether oxygens (including phenoxy) is 2. The number of urea groups is 1. The highest BCUT2D eigenvalue weighted by Gasteiger charge is 2.30. The van der Waals surface area contributed by atoms with Crippen LogP contribution in [0.1, 0.15) is 25.3 Å². The first kappa shape index (κ1) is 19.7. The predicted octanol–water partition coefficient (Wildman–Crippen LogP) is 2.69. The third-order valence-corrected chi connectivity index (χ3v) is 3.98. The lowest BCUT2D eigenvalue weighted by Crippen LogP contribution is -2.38. The van der Waals surface area contributed by atoms with Crippen LogP contribution in [0.15, 0.2) is 18.2 Å². The highest BCUT2D eigenvalue weighted by molar-refractivity contribution is 5.77. The Bertz CT molecular complexity index is 642. The second kappa shape index (κ2) is 9.21. The van der Waals surface area contributed by atoms with Gasteiger partial charge in [0.25, 0.3) is 0 Å². The molecule has 0 spiro atoms. The first-order chi connectivity index (χ1) is 12.4. The monoisotopic (exact) mass is 372 g/mol. The van der Waals surface area contributed by atoms with Gasteiger partial charge in [-0.25, -0.2) is 4.79 Å². The molecule has 2 amide bonds. The van der Waals surface area contributed by atoms with Crippen LogP contribution in [-0.4, -0.2) is 48.3 Å². The molecule has 0 aliphatic carbocycles. The molecule has 1 fully saturated rings. The highest BCUT2D eigenvalue weighted by Crippen LogP contribution is 2.27. The minimum atomic E-state index is -3.00. The number of carboxylic acid groups (broad SMARTS) is 1. The summed E-state index contributed by atoms with van der Waals surface area (Å²) in [6.07, 6.45) is 1.17. The Hall–Kier alpha value is -2.58. The van der Waals surface area contributed by atoms with E-state index in [4.69, 9.17) is 9.84 Å². The maximum absolute atomic E-state index is 12.6. The molecule has 1 aromatic carbocycles. The molecule has 7 nitrogen and oxygen atoms in total. The fourth-order valence-corrected chi connectivity index (χ4v) is 2.63. The molecule has 1 saturated heterocycles. The number of hydrogen-bond donors (Lipinski definition) is 2. The molecule has 0 bridgehead atoms. The van der Waals surface area contributed by atoms with Crippen molar-refractivity contribution in [2.75, 3.05) is 19.7 Å². The van der Waals surface area contributed by atoms with Crippen LogP contribution in [0.3, 0.4) is 0 Å². The van der Waals surface area contributed by atoms with Crippen LogP contribution < -0.4 is 14.8 Å². The Morgan fingerprint density at radius 2 is 2.19 bits per heavy atom. The largest absolute Gasteiger partial charge is 0.493 e. The quantitative estimate of drug-likeness (QED) is 0.733. The van der Waals surface area contributed by atoms with Gasteiger partial charge in [0.05, 0.1) is 12.5 Å². The summed E-state index contributed by atoms with van der Waals surface area (Å²) in [5, 5.41) is 11.6. The normalized spacial score (nSPS) is 16.6. The second-order valence-electron chi connectivity index (χ2n) is 5.93. The zero-order valence-electron chi connectivity index (χ0n) is 14.4. The topological polar surface area (TPSA) is 88.1 Å².